The third-order valence-corrected chi connectivity index (χ3v) is 4.02. The second-order valence-electron chi connectivity index (χ2n) is 4.96. The summed E-state index contributed by atoms with van der Waals surface area (Å²) in [4.78, 5) is 14.1. The molecule has 1 N–H and O–H groups in total. The van der Waals surface area contributed by atoms with Crippen LogP contribution in [0.5, 0.6) is 0 Å². The molecule has 0 aliphatic carbocycles. The van der Waals surface area contributed by atoms with E-state index in [9.17, 15) is 9.90 Å². The quantitative estimate of drug-likeness (QED) is 0.588. The minimum atomic E-state index is -0.220. The lowest BCUT2D eigenvalue weighted by molar-refractivity contribution is -0.145. The molecular formula is C13H21NO3. The molecule has 0 aromatic rings. The highest BCUT2D eigenvalue weighted by Gasteiger charge is 2.45. The van der Waals surface area contributed by atoms with Crippen molar-refractivity contribution in [3.63, 3.8) is 0 Å². The minimum Gasteiger partial charge on any atom is -0.457 e. The predicted molar refractivity (Wildman–Crippen MR) is 64.5 cm³/mol. The van der Waals surface area contributed by atoms with Gasteiger partial charge in [-0.2, -0.15) is 0 Å². The maximum absolute atomic E-state index is 11.7. The number of ether oxygens (including phenoxy) is 1. The molecule has 2 fully saturated rings. The molecule has 2 heterocycles. The monoisotopic (exact) mass is 239 g/mol. The number of hydrogen-bond acceptors (Lipinski definition) is 4. The van der Waals surface area contributed by atoms with Gasteiger partial charge in [-0.05, 0) is 33.2 Å². The number of carbonyl (C=O) groups is 1. The molecule has 0 saturated carbocycles. The first-order valence-electron chi connectivity index (χ1n) is 6.36. The van der Waals surface area contributed by atoms with Crippen LogP contribution in [-0.4, -0.2) is 47.8 Å². The lowest BCUT2D eigenvalue weighted by Crippen LogP contribution is -2.38. The van der Waals surface area contributed by atoms with Crippen LogP contribution in [0.1, 0.15) is 26.7 Å². The SMILES string of the molecule is C/C=C(/C)C(=O)O[C@@H]1CCN2CC[C@H](CO)C12. The average molecular weight is 239 g/mol. The van der Waals surface area contributed by atoms with Crippen molar-refractivity contribution in [2.75, 3.05) is 19.7 Å². The van der Waals surface area contributed by atoms with Gasteiger partial charge in [0.25, 0.3) is 0 Å². The summed E-state index contributed by atoms with van der Waals surface area (Å²) in [5, 5.41) is 9.34. The summed E-state index contributed by atoms with van der Waals surface area (Å²) in [5.41, 5.74) is 0.655. The molecule has 0 aromatic heterocycles. The van der Waals surface area contributed by atoms with Crippen molar-refractivity contribution in [3.8, 4) is 0 Å². The lowest BCUT2D eigenvalue weighted by atomic mass is 9.97. The predicted octanol–water partition coefficient (Wildman–Crippen LogP) is 0.951. The molecule has 4 nitrogen and oxygen atoms in total. The van der Waals surface area contributed by atoms with Crippen molar-refractivity contribution in [3.05, 3.63) is 11.6 Å². The Balaban J connectivity index is 2.00. The van der Waals surface area contributed by atoms with Crippen LogP contribution in [0.25, 0.3) is 0 Å². The van der Waals surface area contributed by atoms with Crippen LogP contribution < -0.4 is 0 Å². The molecule has 1 unspecified atom stereocenters. The third-order valence-electron chi connectivity index (χ3n) is 4.02. The van der Waals surface area contributed by atoms with Crippen molar-refractivity contribution in [1.29, 1.82) is 0 Å². The number of nitrogens with zero attached hydrogens (tertiary/aromatic N) is 1. The number of allylic oxidation sites excluding steroid dienone is 1. The highest BCUT2D eigenvalue weighted by molar-refractivity contribution is 5.87. The van der Waals surface area contributed by atoms with E-state index in [1.54, 1.807) is 13.0 Å². The Morgan fingerprint density at radius 3 is 2.82 bits per heavy atom. The summed E-state index contributed by atoms with van der Waals surface area (Å²) in [7, 11) is 0. The number of aliphatic hydroxyl groups is 1. The Kier molecular flexibility index (Phi) is 3.84. The third kappa shape index (κ3) is 2.38. The lowest BCUT2D eigenvalue weighted by Gasteiger charge is -2.25. The van der Waals surface area contributed by atoms with Gasteiger partial charge in [0.15, 0.2) is 0 Å². The van der Waals surface area contributed by atoms with Gasteiger partial charge in [-0.15, -0.1) is 0 Å². The van der Waals surface area contributed by atoms with Crippen LogP contribution in [-0.2, 0) is 9.53 Å². The van der Waals surface area contributed by atoms with Gasteiger partial charge >= 0.3 is 5.97 Å². The molecule has 2 aliphatic heterocycles. The molecule has 0 spiro atoms. The van der Waals surface area contributed by atoms with Crippen molar-refractivity contribution in [2.24, 2.45) is 5.92 Å². The molecule has 2 saturated heterocycles. The highest BCUT2D eigenvalue weighted by atomic mass is 16.5. The van der Waals surface area contributed by atoms with Gasteiger partial charge in [-0.1, -0.05) is 6.08 Å². The number of aliphatic hydroxyl groups excluding tert-OH is 1. The van der Waals surface area contributed by atoms with Crippen LogP contribution in [0.15, 0.2) is 11.6 Å². The number of fused-ring (bicyclic) bond motifs is 1. The second-order valence-corrected chi connectivity index (χ2v) is 4.96. The maximum atomic E-state index is 11.7. The van der Waals surface area contributed by atoms with E-state index in [0.717, 1.165) is 25.9 Å². The Morgan fingerprint density at radius 1 is 1.47 bits per heavy atom. The second kappa shape index (κ2) is 5.19. The largest absolute Gasteiger partial charge is 0.457 e. The molecule has 0 radical (unpaired) electrons. The maximum Gasteiger partial charge on any atom is 0.333 e. The van der Waals surface area contributed by atoms with E-state index in [0.29, 0.717) is 5.57 Å². The molecule has 2 aliphatic rings. The fourth-order valence-electron chi connectivity index (χ4n) is 2.89. The van der Waals surface area contributed by atoms with Gasteiger partial charge in [0.05, 0.1) is 6.04 Å². The summed E-state index contributed by atoms with van der Waals surface area (Å²) in [6, 6.07) is 0.230. The van der Waals surface area contributed by atoms with E-state index in [1.807, 2.05) is 6.92 Å². The normalized spacial score (nSPS) is 33.8. The first kappa shape index (κ1) is 12.6. The summed E-state index contributed by atoms with van der Waals surface area (Å²) in [6.45, 7) is 5.80. The smallest absolute Gasteiger partial charge is 0.333 e. The molecule has 0 bridgehead atoms. The number of rotatable bonds is 3. The summed E-state index contributed by atoms with van der Waals surface area (Å²) in [5.74, 6) is 0.0455. The van der Waals surface area contributed by atoms with E-state index >= 15 is 0 Å². The Bertz CT molecular complexity index is 327. The molecule has 2 rings (SSSR count). The summed E-state index contributed by atoms with van der Waals surface area (Å²) >= 11 is 0. The van der Waals surface area contributed by atoms with Crippen LogP contribution in [0, 0.1) is 5.92 Å². The molecular weight excluding hydrogens is 218 g/mol. The molecule has 3 atom stereocenters. The van der Waals surface area contributed by atoms with Crippen molar-refractivity contribution < 1.29 is 14.6 Å². The van der Waals surface area contributed by atoms with E-state index in [4.69, 9.17) is 4.74 Å². The molecule has 96 valence electrons. The van der Waals surface area contributed by atoms with E-state index in [2.05, 4.69) is 4.90 Å². The standard InChI is InChI=1S/C13H21NO3/c1-3-9(2)13(16)17-11-5-7-14-6-4-10(8-15)12(11)14/h3,10-12,15H,4-8H2,1-2H3/b9-3-/t10-,11-,12?/m1/s1. The van der Waals surface area contributed by atoms with Gasteiger partial charge in [0.2, 0.25) is 0 Å². The Hall–Kier alpha value is -0.870. The van der Waals surface area contributed by atoms with Gasteiger partial charge in [-0.3, -0.25) is 4.90 Å². The van der Waals surface area contributed by atoms with Gasteiger partial charge in [-0.25, -0.2) is 4.79 Å². The van der Waals surface area contributed by atoms with Gasteiger partial charge < -0.3 is 9.84 Å². The Labute approximate surface area is 102 Å². The first-order chi connectivity index (χ1) is 8.17. The zero-order chi connectivity index (χ0) is 12.4. The van der Waals surface area contributed by atoms with E-state index in [-0.39, 0.29) is 30.6 Å². The molecule has 0 aromatic carbocycles. The number of carbonyl (C=O) groups excluding carboxylic acids is 1. The van der Waals surface area contributed by atoms with Crippen molar-refractivity contribution in [1.82, 2.24) is 4.90 Å². The average Bonchev–Trinajstić information content (AvgIpc) is 2.90. The highest BCUT2D eigenvalue weighted by Crippen LogP contribution is 2.34. The summed E-state index contributed by atoms with van der Waals surface area (Å²) in [6.07, 6.45) is 3.63. The van der Waals surface area contributed by atoms with E-state index < -0.39 is 0 Å². The van der Waals surface area contributed by atoms with E-state index in [1.165, 1.54) is 0 Å². The minimum absolute atomic E-state index is 0.0444. The topological polar surface area (TPSA) is 49.8 Å². The number of hydrogen-bond donors (Lipinski definition) is 1. The zero-order valence-corrected chi connectivity index (χ0v) is 10.6. The van der Waals surface area contributed by atoms with Gasteiger partial charge in [0, 0.05) is 24.6 Å². The van der Waals surface area contributed by atoms with Crippen LogP contribution >= 0.6 is 0 Å². The van der Waals surface area contributed by atoms with Crippen molar-refractivity contribution >= 4 is 5.97 Å². The fourth-order valence-corrected chi connectivity index (χ4v) is 2.89. The number of esters is 1. The van der Waals surface area contributed by atoms with Crippen LogP contribution in [0.3, 0.4) is 0 Å². The van der Waals surface area contributed by atoms with Gasteiger partial charge in [0.1, 0.15) is 6.10 Å². The zero-order valence-electron chi connectivity index (χ0n) is 10.6. The van der Waals surface area contributed by atoms with Crippen molar-refractivity contribution in [2.45, 2.75) is 38.8 Å². The fraction of sp³-hybridized carbons (Fsp3) is 0.769. The molecule has 4 heteroatoms. The first-order valence-corrected chi connectivity index (χ1v) is 6.36. The van der Waals surface area contributed by atoms with Crippen LogP contribution in [0.2, 0.25) is 0 Å². The summed E-state index contributed by atoms with van der Waals surface area (Å²) < 4.78 is 5.55. The molecule has 0 amide bonds. The molecule has 17 heavy (non-hydrogen) atoms. The Morgan fingerprint density at radius 2 is 2.18 bits per heavy atom. The van der Waals surface area contributed by atoms with Crippen LogP contribution in [0.4, 0.5) is 0 Å².